The van der Waals surface area contributed by atoms with Gasteiger partial charge in [-0.3, -0.25) is 0 Å². The van der Waals surface area contributed by atoms with Gasteiger partial charge in [0.15, 0.2) is 5.82 Å². The van der Waals surface area contributed by atoms with Crippen molar-refractivity contribution in [3.8, 4) is 0 Å². The fourth-order valence-corrected chi connectivity index (χ4v) is 2.12. The Hall–Kier alpha value is -1.76. The van der Waals surface area contributed by atoms with Crippen molar-refractivity contribution < 1.29 is 13.2 Å². The van der Waals surface area contributed by atoms with Gasteiger partial charge >= 0.3 is 6.18 Å². The first kappa shape index (κ1) is 14.6. The van der Waals surface area contributed by atoms with Crippen LogP contribution < -0.4 is 11.1 Å². The number of anilines is 3. The third kappa shape index (κ3) is 3.22. The molecule has 0 aliphatic rings. The SMILES string of the molecule is Cc1cnc(Nc2ccc(Br)c(C(F)(F)F)c2)c(N)c1. The second kappa shape index (κ2) is 5.32. The van der Waals surface area contributed by atoms with E-state index in [1.165, 1.54) is 12.1 Å². The standard InChI is InChI=1S/C13H11BrF3N3/c1-7-4-11(18)12(19-6-7)20-8-2-3-10(14)9(5-8)13(15,16)17/h2-6H,18H2,1H3,(H,19,20). The minimum absolute atomic E-state index is 0.0135. The van der Waals surface area contributed by atoms with Crippen LogP contribution in [0.3, 0.4) is 0 Å². The first-order valence-corrected chi connectivity index (χ1v) is 6.42. The molecule has 106 valence electrons. The first-order valence-electron chi connectivity index (χ1n) is 5.63. The zero-order valence-electron chi connectivity index (χ0n) is 10.4. The fraction of sp³-hybridized carbons (Fsp3) is 0.154. The van der Waals surface area contributed by atoms with Gasteiger partial charge in [0.05, 0.1) is 11.3 Å². The molecule has 0 saturated heterocycles. The Balaban J connectivity index is 2.35. The zero-order valence-corrected chi connectivity index (χ0v) is 12.0. The zero-order chi connectivity index (χ0) is 14.9. The van der Waals surface area contributed by atoms with Crippen LogP contribution in [0.2, 0.25) is 0 Å². The van der Waals surface area contributed by atoms with Crippen LogP contribution in [0.1, 0.15) is 11.1 Å². The minimum Gasteiger partial charge on any atom is -0.396 e. The van der Waals surface area contributed by atoms with Gasteiger partial charge in [0.25, 0.3) is 0 Å². The lowest BCUT2D eigenvalue weighted by Crippen LogP contribution is -2.07. The minimum atomic E-state index is -4.43. The molecule has 0 amide bonds. The molecule has 0 spiro atoms. The molecule has 0 aliphatic carbocycles. The second-order valence-electron chi connectivity index (χ2n) is 4.27. The predicted molar refractivity (Wildman–Crippen MR) is 75.8 cm³/mol. The van der Waals surface area contributed by atoms with E-state index in [1.54, 1.807) is 12.3 Å². The monoisotopic (exact) mass is 345 g/mol. The molecule has 20 heavy (non-hydrogen) atoms. The van der Waals surface area contributed by atoms with Crippen molar-refractivity contribution >= 4 is 33.1 Å². The summed E-state index contributed by atoms with van der Waals surface area (Å²) in [6, 6.07) is 5.54. The number of halogens is 4. The summed E-state index contributed by atoms with van der Waals surface area (Å²) in [5, 5.41) is 2.78. The van der Waals surface area contributed by atoms with Gasteiger partial charge in [0.1, 0.15) is 0 Å². The summed E-state index contributed by atoms with van der Waals surface area (Å²) in [6.07, 6.45) is -2.84. The van der Waals surface area contributed by atoms with Crippen molar-refractivity contribution in [3.63, 3.8) is 0 Å². The number of nitrogens with one attached hydrogen (secondary N) is 1. The Kier molecular flexibility index (Phi) is 3.89. The average molecular weight is 346 g/mol. The van der Waals surface area contributed by atoms with Crippen LogP contribution in [0.5, 0.6) is 0 Å². The summed E-state index contributed by atoms with van der Waals surface area (Å²) < 4.78 is 38.4. The number of nitrogens with two attached hydrogens (primary N) is 1. The number of nitrogen functional groups attached to an aromatic ring is 1. The molecule has 0 saturated carbocycles. The molecule has 0 bridgehead atoms. The number of hydrogen-bond donors (Lipinski definition) is 2. The van der Waals surface area contributed by atoms with Gasteiger partial charge < -0.3 is 11.1 Å². The molecule has 0 fully saturated rings. The molecular weight excluding hydrogens is 335 g/mol. The van der Waals surface area contributed by atoms with Gasteiger partial charge in [-0.15, -0.1) is 0 Å². The van der Waals surface area contributed by atoms with E-state index in [1.807, 2.05) is 6.92 Å². The maximum Gasteiger partial charge on any atom is 0.417 e. The van der Waals surface area contributed by atoms with E-state index >= 15 is 0 Å². The number of hydrogen-bond acceptors (Lipinski definition) is 3. The van der Waals surface area contributed by atoms with Crippen LogP contribution in [0.25, 0.3) is 0 Å². The van der Waals surface area contributed by atoms with E-state index in [0.717, 1.165) is 11.6 Å². The average Bonchev–Trinajstić information content (AvgIpc) is 2.33. The van der Waals surface area contributed by atoms with Crippen LogP contribution in [0, 0.1) is 6.92 Å². The Morgan fingerprint density at radius 2 is 1.95 bits per heavy atom. The van der Waals surface area contributed by atoms with Crippen LogP contribution in [0.15, 0.2) is 34.9 Å². The molecular formula is C13H11BrF3N3. The number of aryl methyl sites for hydroxylation is 1. The molecule has 0 aliphatic heterocycles. The highest BCUT2D eigenvalue weighted by atomic mass is 79.9. The molecule has 2 aromatic rings. The lowest BCUT2D eigenvalue weighted by molar-refractivity contribution is -0.138. The smallest absolute Gasteiger partial charge is 0.396 e. The summed E-state index contributed by atoms with van der Waals surface area (Å²) in [7, 11) is 0. The maximum atomic E-state index is 12.8. The molecule has 3 nitrogen and oxygen atoms in total. The quantitative estimate of drug-likeness (QED) is 0.842. The predicted octanol–water partition coefficient (Wildman–Crippen LogP) is 4.50. The number of alkyl halides is 3. The highest BCUT2D eigenvalue weighted by molar-refractivity contribution is 9.10. The molecule has 7 heteroatoms. The van der Waals surface area contributed by atoms with Gasteiger partial charge in [-0.05, 0) is 36.8 Å². The van der Waals surface area contributed by atoms with E-state index in [2.05, 4.69) is 26.2 Å². The van der Waals surface area contributed by atoms with Crippen LogP contribution >= 0.6 is 15.9 Å². The molecule has 3 N–H and O–H groups in total. The third-order valence-corrected chi connectivity index (χ3v) is 3.28. The first-order chi connectivity index (χ1) is 9.27. The molecule has 0 atom stereocenters. The summed E-state index contributed by atoms with van der Waals surface area (Å²) in [5.41, 5.74) is 6.53. The topological polar surface area (TPSA) is 50.9 Å². The normalized spacial score (nSPS) is 11.4. The third-order valence-electron chi connectivity index (χ3n) is 2.59. The van der Waals surface area contributed by atoms with Crippen LogP contribution in [-0.2, 0) is 6.18 Å². The number of nitrogens with zero attached hydrogens (tertiary/aromatic N) is 1. The van der Waals surface area contributed by atoms with Crippen LogP contribution in [0.4, 0.5) is 30.4 Å². The van der Waals surface area contributed by atoms with E-state index < -0.39 is 11.7 Å². The molecule has 2 rings (SSSR count). The van der Waals surface area contributed by atoms with Gasteiger partial charge in [0, 0.05) is 16.4 Å². The Morgan fingerprint density at radius 1 is 1.25 bits per heavy atom. The maximum absolute atomic E-state index is 12.8. The lowest BCUT2D eigenvalue weighted by atomic mass is 10.2. The van der Waals surface area contributed by atoms with E-state index in [-0.39, 0.29) is 10.2 Å². The van der Waals surface area contributed by atoms with Crippen molar-refractivity contribution in [3.05, 3.63) is 46.1 Å². The summed E-state index contributed by atoms with van der Waals surface area (Å²) in [4.78, 5) is 4.06. The Labute approximate surface area is 122 Å². The second-order valence-corrected chi connectivity index (χ2v) is 5.12. The molecule has 0 radical (unpaired) electrons. The number of aromatic nitrogens is 1. The largest absolute Gasteiger partial charge is 0.417 e. The number of benzene rings is 1. The highest BCUT2D eigenvalue weighted by Crippen LogP contribution is 2.37. The molecule has 1 aromatic carbocycles. The number of rotatable bonds is 2. The molecule has 0 unspecified atom stereocenters. The Bertz CT molecular complexity index is 641. The van der Waals surface area contributed by atoms with Gasteiger partial charge in [-0.25, -0.2) is 4.98 Å². The van der Waals surface area contributed by atoms with Crippen molar-refractivity contribution in [2.75, 3.05) is 11.1 Å². The van der Waals surface area contributed by atoms with E-state index in [0.29, 0.717) is 11.5 Å². The van der Waals surface area contributed by atoms with Crippen molar-refractivity contribution in [1.82, 2.24) is 4.98 Å². The van der Waals surface area contributed by atoms with Crippen molar-refractivity contribution in [2.24, 2.45) is 0 Å². The van der Waals surface area contributed by atoms with Gasteiger partial charge in [-0.1, -0.05) is 15.9 Å². The molecule has 1 aromatic heterocycles. The van der Waals surface area contributed by atoms with Gasteiger partial charge in [-0.2, -0.15) is 13.2 Å². The summed E-state index contributed by atoms with van der Waals surface area (Å²) >= 11 is 2.89. The fourth-order valence-electron chi connectivity index (χ4n) is 1.65. The van der Waals surface area contributed by atoms with E-state index in [4.69, 9.17) is 5.73 Å². The summed E-state index contributed by atoms with van der Waals surface area (Å²) in [5.74, 6) is 0.325. The Morgan fingerprint density at radius 3 is 2.55 bits per heavy atom. The van der Waals surface area contributed by atoms with Gasteiger partial charge in [0.2, 0.25) is 0 Å². The van der Waals surface area contributed by atoms with Crippen LogP contribution in [-0.4, -0.2) is 4.98 Å². The molecule has 1 heterocycles. The summed E-state index contributed by atoms with van der Waals surface area (Å²) in [6.45, 7) is 1.83. The number of pyridine rings is 1. The highest BCUT2D eigenvalue weighted by Gasteiger charge is 2.33. The van der Waals surface area contributed by atoms with E-state index in [9.17, 15) is 13.2 Å². The van der Waals surface area contributed by atoms with Crippen molar-refractivity contribution in [2.45, 2.75) is 13.1 Å². The lowest BCUT2D eigenvalue weighted by Gasteiger charge is -2.13. The van der Waals surface area contributed by atoms with Crippen molar-refractivity contribution in [1.29, 1.82) is 0 Å².